The highest BCUT2D eigenvalue weighted by Crippen LogP contribution is 2.67. The molecule has 2 bridgehead atoms. The minimum Gasteiger partial charge on any atom is -0.550 e. The van der Waals surface area contributed by atoms with Gasteiger partial charge >= 0.3 is 29.8 Å². The molecule has 4 aliphatic carbocycles. The topological polar surface area (TPSA) is 287 Å². The van der Waals surface area contributed by atoms with E-state index in [-0.39, 0.29) is 48.0 Å². The van der Waals surface area contributed by atoms with E-state index in [0.29, 0.717) is 24.1 Å². The number of carboxylic acid groups (broad SMARTS) is 1. The number of hydrogen-bond acceptors (Lipinski definition) is 17. The molecule has 518 valence electrons. The number of carboxylic acids is 1. The molecule has 4 N–H and O–H groups in total. The summed E-state index contributed by atoms with van der Waals surface area (Å²) in [7, 11) is 0. The van der Waals surface area contributed by atoms with Crippen LogP contribution in [-0.2, 0) is 63.7 Å². The van der Waals surface area contributed by atoms with E-state index in [4.69, 9.17) is 23.7 Å². The molecule has 0 unspecified atom stereocenters. The summed E-state index contributed by atoms with van der Waals surface area (Å²) in [4.78, 5) is 126. The first-order valence-corrected chi connectivity index (χ1v) is 34.6. The third-order valence-electron chi connectivity index (χ3n) is 20.7. The highest BCUT2D eigenvalue weighted by atomic mass is 16.6. The van der Waals surface area contributed by atoms with Gasteiger partial charge in [-0.05, 0) is 117 Å². The Labute approximate surface area is 564 Å². The van der Waals surface area contributed by atoms with E-state index in [1.165, 1.54) is 104 Å². The summed E-state index contributed by atoms with van der Waals surface area (Å²) < 4.78 is 31.5. The minimum atomic E-state index is -2.46. The van der Waals surface area contributed by atoms with Gasteiger partial charge in [-0.25, -0.2) is 9.59 Å². The number of ether oxygens (including phenoxy) is 5. The number of unbranched alkanes of at least 4 members (excludes halogenated alkanes) is 15. The Balaban J connectivity index is 0.985. The Kier molecular flexibility index (Phi) is 25.9. The van der Waals surface area contributed by atoms with Crippen LogP contribution in [0.5, 0.6) is 0 Å². The first-order valence-electron chi connectivity index (χ1n) is 34.6. The monoisotopic (exact) mass is 1320 g/mol. The predicted molar refractivity (Wildman–Crippen MR) is 356 cm³/mol. The summed E-state index contributed by atoms with van der Waals surface area (Å²) in [6, 6.07) is 30.3. The van der Waals surface area contributed by atoms with Crippen molar-refractivity contribution in [1.82, 2.24) is 5.32 Å². The van der Waals surface area contributed by atoms with Crippen LogP contribution in [0.2, 0.25) is 0 Å². The third kappa shape index (κ3) is 17.8. The second-order valence-corrected chi connectivity index (χ2v) is 27.5. The first kappa shape index (κ1) is 73.8. The molecular formula is C77H97N2O17-. The SMILES string of the molecule is CC(=O)O[C@H]1C(=O)[C@@]2(C)[C@H]([C@H](OC(=O)c3ccccc3)[C@]3(O)C[C@H](OC(=O)[C@H](OC(=O)CCC(=O)Nc4ccc(CCCCCCCCCCCCCCCCCCC(=O)[O-])cc4)[C@@H](NC(=O)c4ccccc4)c4ccccc4)C(C)=C1C3(C)C)[C@]1(OC(C)=O)CC[C@@H]1C[C@@H]2O. The number of benzene rings is 4. The molecule has 2 amide bonds. The first-order chi connectivity index (χ1) is 45.9. The molecule has 96 heavy (non-hydrogen) atoms. The highest BCUT2D eigenvalue weighted by Gasteiger charge is 2.77. The summed E-state index contributed by atoms with van der Waals surface area (Å²) in [5, 5.41) is 42.8. The van der Waals surface area contributed by atoms with Gasteiger partial charge in [0, 0.05) is 55.2 Å². The number of aryl methyl sites for hydroxylation is 1. The van der Waals surface area contributed by atoms with Crippen LogP contribution in [0.25, 0.3) is 0 Å². The van der Waals surface area contributed by atoms with Gasteiger partial charge in [0.2, 0.25) is 12.0 Å². The Hall–Kier alpha value is -8.03. The lowest BCUT2D eigenvalue weighted by Gasteiger charge is -2.68. The second kappa shape index (κ2) is 33.8. The fourth-order valence-electron chi connectivity index (χ4n) is 15.3. The lowest BCUT2D eigenvalue weighted by molar-refractivity contribution is -0.305. The van der Waals surface area contributed by atoms with Crippen molar-refractivity contribution in [3.8, 4) is 0 Å². The van der Waals surface area contributed by atoms with Gasteiger partial charge in [0.1, 0.15) is 29.5 Å². The number of rotatable bonds is 34. The molecule has 0 radical (unpaired) electrons. The Bertz CT molecular complexity index is 3370. The number of anilines is 1. The molecule has 4 aromatic rings. The number of ketones is 1. The molecule has 4 aromatic carbocycles. The molecule has 0 aliphatic heterocycles. The summed E-state index contributed by atoms with van der Waals surface area (Å²) in [6.45, 7) is 8.41. The van der Waals surface area contributed by atoms with Gasteiger partial charge in [-0.3, -0.25) is 28.8 Å². The number of amides is 2. The number of esters is 5. The molecule has 0 spiro atoms. The molecule has 0 saturated heterocycles. The van der Waals surface area contributed by atoms with Crippen LogP contribution in [0.1, 0.15) is 227 Å². The third-order valence-corrected chi connectivity index (χ3v) is 20.7. The summed E-state index contributed by atoms with van der Waals surface area (Å²) in [5.74, 6) is -9.93. The van der Waals surface area contributed by atoms with E-state index in [1.54, 1.807) is 105 Å². The molecule has 0 heterocycles. The van der Waals surface area contributed by atoms with Gasteiger partial charge in [0.25, 0.3) is 5.91 Å². The van der Waals surface area contributed by atoms with Crippen molar-refractivity contribution in [1.29, 1.82) is 0 Å². The Morgan fingerprint density at radius 2 is 1.19 bits per heavy atom. The highest BCUT2D eigenvalue weighted by molar-refractivity contribution is 5.97. The number of hydrogen-bond donors (Lipinski definition) is 4. The molecule has 3 fully saturated rings. The quantitative estimate of drug-likeness (QED) is 0.0146. The average molecular weight is 1320 g/mol. The number of Topliss-reactive ketones (excluding diaryl/α,β-unsaturated/α-hetero) is 1. The number of aliphatic hydroxyl groups excluding tert-OH is 1. The van der Waals surface area contributed by atoms with Crippen LogP contribution in [0.15, 0.2) is 126 Å². The number of carbonyl (C=O) groups excluding carboxylic acids is 9. The van der Waals surface area contributed by atoms with Crippen molar-refractivity contribution in [3.63, 3.8) is 0 Å². The molecule has 19 heteroatoms. The van der Waals surface area contributed by atoms with E-state index in [2.05, 4.69) is 10.6 Å². The molecule has 4 aliphatic rings. The zero-order valence-corrected chi connectivity index (χ0v) is 56.6. The number of fused-ring (bicyclic) bond motifs is 5. The van der Waals surface area contributed by atoms with E-state index in [9.17, 15) is 48.9 Å². The van der Waals surface area contributed by atoms with Crippen molar-refractivity contribution in [3.05, 3.63) is 149 Å². The molecule has 11 atom stereocenters. The van der Waals surface area contributed by atoms with Crippen molar-refractivity contribution < 1.29 is 82.2 Å². The van der Waals surface area contributed by atoms with Gasteiger partial charge in [-0.15, -0.1) is 0 Å². The lowest BCUT2D eigenvalue weighted by atomic mass is 9.41. The van der Waals surface area contributed by atoms with Crippen molar-refractivity contribution in [2.45, 2.75) is 243 Å². The van der Waals surface area contributed by atoms with Crippen LogP contribution in [0, 0.1) is 22.7 Å². The Morgan fingerprint density at radius 1 is 0.646 bits per heavy atom. The van der Waals surface area contributed by atoms with E-state index < -0.39 is 137 Å². The van der Waals surface area contributed by atoms with Crippen LogP contribution in [-0.4, -0.2) is 105 Å². The number of nitrogens with one attached hydrogen (secondary N) is 2. The normalized spacial score (nSPS) is 24.6. The summed E-state index contributed by atoms with van der Waals surface area (Å²) in [5.41, 5.74) is -5.58. The molecule has 19 nitrogen and oxygen atoms in total. The predicted octanol–water partition coefficient (Wildman–Crippen LogP) is 11.6. The lowest BCUT2D eigenvalue weighted by Crippen LogP contribution is -2.78. The fraction of sp³-hybridized carbons (Fsp3) is 0.545. The molecule has 0 aromatic heterocycles. The van der Waals surface area contributed by atoms with Gasteiger partial charge in [-0.1, -0.05) is 183 Å². The van der Waals surface area contributed by atoms with Crippen LogP contribution in [0.3, 0.4) is 0 Å². The molecular weight excluding hydrogens is 1220 g/mol. The fourth-order valence-corrected chi connectivity index (χ4v) is 15.3. The Morgan fingerprint density at radius 3 is 1.72 bits per heavy atom. The number of carbonyl (C=O) groups is 9. The summed E-state index contributed by atoms with van der Waals surface area (Å²) in [6.07, 6.45) is 9.74. The second-order valence-electron chi connectivity index (χ2n) is 27.5. The van der Waals surface area contributed by atoms with Crippen LogP contribution in [0.4, 0.5) is 5.69 Å². The average Bonchev–Trinajstić information content (AvgIpc) is 0.670. The van der Waals surface area contributed by atoms with E-state index in [0.717, 1.165) is 44.6 Å². The van der Waals surface area contributed by atoms with Crippen molar-refractivity contribution in [2.24, 2.45) is 22.7 Å². The number of aliphatic carboxylic acids is 1. The van der Waals surface area contributed by atoms with Gasteiger partial charge in [-0.2, -0.15) is 0 Å². The van der Waals surface area contributed by atoms with Gasteiger partial charge in [0.05, 0.1) is 29.4 Å². The minimum absolute atomic E-state index is 0.0342. The van der Waals surface area contributed by atoms with E-state index >= 15 is 9.59 Å². The van der Waals surface area contributed by atoms with Gasteiger partial charge < -0.3 is 54.4 Å². The van der Waals surface area contributed by atoms with E-state index in [1.807, 2.05) is 12.1 Å². The maximum atomic E-state index is 16.0. The maximum Gasteiger partial charge on any atom is 0.350 e. The standard InChI is InChI=1S/C77H98N2O17/c1-50-59(49-77(91)70(95-72(89)56-37-29-23-30-38-56)68-75(6,60(82)48-57-46-47-76(57,68)96-52(3)81)69(87)66(92-51(2)80)64(50)74(77,4)5)93-73(90)67(65(54-33-25-21-26-34-54)79-71(88)55-35-27-22-28-36-55)94-63(86)45-44-61(83)78-58-42-40-53(41-43-58)32-24-19-17-15-13-11-9-7-8-10-12-14-16-18-20-31-39-62(84)85/h21-23,25-30,33-38,40-43,57,59-60,65-68,70,82,91H,7-20,24,31-32,39,44-49H2,1-6H3,(H,78,83)(H,79,88)(H,84,85)/p-1/t57-,59+,60+,65+,66-,67-,68+,70+,75-,76+,77-/m1/s1. The van der Waals surface area contributed by atoms with Crippen LogP contribution >= 0.6 is 0 Å². The zero-order valence-electron chi connectivity index (χ0n) is 56.6. The van der Waals surface area contributed by atoms with Crippen molar-refractivity contribution in [2.75, 3.05) is 5.32 Å². The molecule has 3 saturated carbocycles. The largest absolute Gasteiger partial charge is 0.550 e. The maximum absolute atomic E-state index is 16.0. The van der Waals surface area contributed by atoms with Gasteiger partial charge in [0.15, 0.2) is 11.9 Å². The van der Waals surface area contributed by atoms with Crippen molar-refractivity contribution >= 4 is 59.1 Å². The van der Waals surface area contributed by atoms with Crippen LogP contribution < -0.4 is 15.7 Å². The molecule has 8 rings (SSSR count). The smallest absolute Gasteiger partial charge is 0.350 e. The summed E-state index contributed by atoms with van der Waals surface area (Å²) >= 11 is 0. The zero-order chi connectivity index (χ0) is 69.2. The number of aliphatic hydroxyl groups is 2.